The molecule has 2 heterocycles. The Kier molecular flexibility index (Phi) is 7.83. The highest BCUT2D eigenvalue weighted by molar-refractivity contribution is 7.22. The Morgan fingerprint density at radius 1 is 1.11 bits per heavy atom. The molecule has 0 spiro atoms. The standard InChI is InChI=1S/C25H22N4O6S/c26-12-21(24(30)28-23-11-17-8-9-27-13-22(17)36-23)20-7-6-18(10-19(20)15-35-29(32)33)25(31)34-14-16-4-2-1-3-5-16/h1-11,13,21H,12,14-15,26H2,(H,28,30)/t21-/m1/s1. The molecule has 2 aromatic carbocycles. The maximum absolute atomic E-state index is 13.1. The number of hydrogen-bond acceptors (Lipinski definition) is 9. The highest BCUT2D eigenvalue weighted by Crippen LogP contribution is 2.30. The Bertz CT molecular complexity index is 1360. The molecule has 1 amide bonds. The molecule has 0 bridgehead atoms. The van der Waals surface area contributed by atoms with Crippen molar-refractivity contribution in [1.82, 2.24) is 4.98 Å². The number of nitrogens with zero attached hydrogens (tertiary/aromatic N) is 2. The van der Waals surface area contributed by atoms with E-state index >= 15 is 0 Å². The van der Waals surface area contributed by atoms with Crippen molar-refractivity contribution in [2.75, 3.05) is 11.9 Å². The van der Waals surface area contributed by atoms with E-state index in [-0.39, 0.29) is 24.3 Å². The van der Waals surface area contributed by atoms with Gasteiger partial charge in [0, 0.05) is 18.9 Å². The lowest BCUT2D eigenvalue weighted by atomic mass is 9.92. The van der Waals surface area contributed by atoms with Crippen LogP contribution in [0.25, 0.3) is 10.1 Å². The Morgan fingerprint density at radius 3 is 2.64 bits per heavy atom. The van der Waals surface area contributed by atoms with Crippen LogP contribution in [-0.2, 0) is 27.6 Å². The number of carbonyl (C=O) groups is 2. The molecule has 0 unspecified atom stereocenters. The maximum atomic E-state index is 13.1. The molecule has 184 valence electrons. The molecule has 0 aliphatic heterocycles. The number of rotatable bonds is 10. The third kappa shape index (κ3) is 6.01. The van der Waals surface area contributed by atoms with Gasteiger partial charge in [-0.1, -0.05) is 36.4 Å². The van der Waals surface area contributed by atoms with Gasteiger partial charge >= 0.3 is 5.97 Å². The van der Waals surface area contributed by atoms with Crippen molar-refractivity contribution in [1.29, 1.82) is 0 Å². The first kappa shape index (κ1) is 24.8. The minimum Gasteiger partial charge on any atom is -0.457 e. The van der Waals surface area contributed by atoms with Crippen LogP contribution in [0.4, 0.5) is 5.00 Å². The van der Waals surface area contributed by atoms with E-state index in [1.165, 1.54) is 23.5 Å². The summed E-state index contributed by atoms with van der Waals surface area (Å²) in [5.41, 5.74) is 7.62. The zero-order chi connectivity index (χ0) is 25.5. The number of nitrogens with two attached hydrogens (primary N) is 1. The molecule has 0 saturated carbocycles. The predicted octanol–water partition coefficient (Wildman–Crippen LogP) is 4.04. The first-order valence-corrected chi connectivity index (χ1v) is 11.7. The predicted molar refractivity (Wildman–Crippen MR) is 134 cm³/mol. The molecular weight excluding hydrogens is 484 g/mol. The molecule has 1 atom stereocenters. The number of pyridine rings is 1. The van der Waals surface area contributed by atoms with Gasteiger partial charge in [0.15, 0.2) is 0 Å². The Morgan fingerprint density at radius 2 is 1.92 bits per heavy atom. The van der Waals surface area contributed by atoms with Gasteiger partial charge in [-0.2, -0.15) is 0 Å². The van der Waals surface area contributed by atoms with Crippen LogP contribution in [0.2, 0.25) is 0 Å². The van der Waals surface area contributed by atoms with E-state index in [0.717, 1.165) is 15.6 Å². The van der Waals surface area contributed by atoms with Gasteiger partial charge in [0.2, 0.25) is 5.91 Å². The van der Waals surface area contributed by atoms with Crippen LogP contribution in [0.15, 0.2) is 73.1 Å². The molecule has 2 aromatic heterocycles. The van der Waals surface area contributed by atoms with Gasteiger partial charge in [-0.15, -0.1) is 21.5 Å². The van der Waals surface area contributed by atoms with Crippen molar-refractivity contribution in [2.24, 2.45) is 5.73 Å². The number of nitrogens with one attached hydrogen (secondary N) is 1. The number of thiophene rings is 1. The lowest BCUT2D eigenvalue weighted by Gasteiger charge is -2.19. The van der Waals surface area contributed by atoms with Crippen molar-refractivity contribution in [3.8, 4) is 0 Å². The van der Waals surface area contributed by atoms with Crippen molar-refractivity contribution in [2.45, 2.75) is 19.1 Å². The topological polar surface area (TPSA) is 147 Å². The van der Waals surface area contributed by atoms with E-state index in [1.807, 2.05) is 42.5 Å². The molecular formula is C25H22N4O6S. The van der Waals surface area contributed by atoms with E-state index in [0.29, 0.717) is 10.6 Å². The molecule has 3 N–H and O–H groups in total. The van der Waals surface area contributed by atoms with Gasteiger partial charge < -0.3 is 20.6 Å². The lowest BCUT2D eigenvalue weighted by Crippen LogP contribution is -2.28. The molecule has 36 heavy (non-hydrogen) atoms. The SMILES string of the molecule is NC[C@@H](C(=O)Nc1cc2ccncc2s1)c1ccc(C(=O)OCc2ccccc2)cc1CO[N+](=O)[O-]. The fourth-order valence-corrected chi connectivity index (χ4v) is 4.59. The number of fused-ring (bicyclic) bond motifs is 1. The van der Waals surface area contributed by atoms with Crippen LogP contribution in [0.3, 0.4) is 0 Å². The molecule has 4 rings (SSSR count). The quantitative estimate of drug-likeness (QED) is 0.186. The molecule has 0 saturated heterocycles. The number of hydrogen-bond donors (Lipinski definition) is 2. The summed E-state index contributed by atoms with van der Waals surface area (Å²) < 4.78 is 6.27. The number of benzene rings is 2. The summed E-state index contributed by atoms with van der Waals surface area (Å²) in [5, 5.41) is 14.3. The van der Waals surface area contributed by atoms with Gasteiger partial charge in [0.25, 0.3) is 5.09 Å². The van der Waals surface area contributed by atoms with Crippen LogP contribution in [0.5, 0.6) is 0 Å². The van der Waals surface area contributed by atoms with Gasteiger partial charge in [0.05, 0.1) is 21.2 Å². The van der Waals surface area contributed by atoms with Crippen LogP contribution in [0, 0.1) is 10.1 Å². The minimum atomic E-state index is -0.938. The monoisotopic (exact) mass is 506 g/mol. The zero-order valence-corrected chi connectivity index (χ0v) is 19.8. The van der Waals surface area contributed by atoms with Gasteiger partial charge in [-0.05, 0) is 46.3 Å². The summed E-state index contributed by atoms with van der Waals surface area (Å²) in [4.78, 5) is 45.2. The molecule has 0 fully saturated rings. The Hall–Kier alpha value is -4.35. The second-order valence-corrected chi connectivity index (χ2v) is 8.86. The van der Waals surface area contributed by atoms with Crippen LogP contribution >= 0.6 is 11.3 Å². The van der Waals surface area contributed by atoms with E-state index in [2.05, 4.69) is 15.1 Å². The highest BCUT2D eigenvalue weighted by Gasteiger charge is 2.24. The van der Waals surface area contributed by atoms with Crippen LogP contribution in [0.1, 0.15) is 33.0 Å². The summed E-state index contributed by atoms with van der Waals surface area (Å²) in [6.07, 6.45) is 3.37. The average Bonchev–Trinajstić information content (AvgIpc) is 3.29. The molecule has 4 aromatic rings. The molecule has 0 radical (unpaired) electrons. The van der Waals surface area contributed by atoms with Gasteiger partial charge in [0.1, 0.15) is 13.2 Å². The van der Waals surface area contributed by atoms with Crippen LogP contribution in [-0.4, -0.2) is 28.5 Å². The van der Waals surface area contributed by atoms with Crippen molar-refractivity contribution in [3.05, 3.63) is 105 Å². The average molecular weight is 507 g/mol. The number of aromatic nitrogens is 1. The van der Waals surface area contributed by atoms with Gasteiger partial charge in [-0.3, -0.25) is 9.78 Å². The van der Waals surface area contributed by atoms with E-state index < -0.39 is 29.5 Å². The summed E-state index contributed by atoms with van der Waals surface area (Å²) >= 11 is 1.37. The van der Waals surface area contributed by atoms with Crippen molar-refractivity contribution >= 4 is 38.3 Å². The number of ether oxygens (including phenoxy) is 1. The number of anilines is 1. The largest absolute Gasteiger partial charge is 0.457 e. The van der Waals surface area contributed by atoms with Crippen molar-refractivity contribution < 1.29 is 24.3 Å². The maximum Gasteiger partial charge on any atom is 0.338 e. The number of carbonyl (C=O) groups excluding carboxylic acids is 2. The second kappa shape index (κ2) is 11.4. The summed E-state index contributed by atoms with van der Waals surface area (Å²) in [5.74, 6) is -1.84. The lowest BCUT2D eigenvalue weighted by molar-refractivity contribution is -0.763. The molecule has 0 aliphatic rings. The normalized spacial score (nSPS) is 11.6. The third-order valence-corrected chi connectivity index (χ3v) is 6.41. The summed E-state index contributed by atoms with van der Waals surface area (Å²) in [7, 11) is 0. The summed E-state index contributed by atoms with van der Waals surface area (Å²) in [6.45, 7) is -0.456. The van der Waals surface area contributed by atoms with E-state index in [4.69, 9.17) is 10.5 Å². The molecule has 11 heteroatoms. The van der Waals surface area contributed by atoms with Crippen molar-refractivity contribution in [3.63, 3.8) is 0 Å². The fourth-order valence-electron chi connectivity index (χ4n) is 3.66. The first-order chi connectivity index (χ1) is 17.4. The number of esters is 1. The van der Waals surface area contributed by atoms with Gasteiger partial charge in [-0.25, -0.2) is 4.79 Å². The smallest absolute Gasteiger partial charge is 0.338 e. The minimum absolute atomic E-state index is 0.0679. The second-order valence-electron chi connectivity index (χ2n) is 7.77. The third-order valence-electron chi connectivity index (χ3n) is 5.41. The Labute approximate surface area is 209 Å². The fraction of sp³-hybridized carbons (Fsp3) is 0.160. The van der Waals surface area contributed by atoms with E-state index in [1.54, 1.807) is 18.5 Å². The zero-order valence-electron chi connectivity index (χ0n) is 19.0. The highest BCUT2D eigenvalue weighted by atomic mass is 32.1. The molecule has 0 aliphatic carbocycles. The van der Waals surface area contributed by atoms with E-state index in [9.17, 15) is 19.7 Å². The summed E-state index contributed by atoms with van der Waals surface area (Å²) in [6, 6.07) is 17.3. The number of amides is 1. The molecule has 10 nitrogen and oxygen atoms in total. The Balaban J connectivity index is 1.55. The first-order valence-electron chi connectivity index (χ1n) is 10.9. The van der Waals surface area contributed by atoms with Crippen LogP contribution < -0.4 is 11.1 Å².